The number of halogens is 1. The van der Waals surface area contributed by atoms with Crippen molar-refractivity contribution in [3.8, 4) is 10.6 Å². The fourth-order valence-corrected chi connectivity index (χ4v) is 2.50. The van der Waals surface area contributed by atoms with E-state index in [1.54, 1.807) is 24.7 Å². The molecule has 0 radical (unpaired) electrons. The van der Waals surface area contributed by atoms with Crippen LogP contribution in [0.1, 0.15) is 9.80 Å². The Morgan fingerprint density at radius 1 is 1.29 bits per heavy atom. The average molecular weight is 264 g/mol. The number of nitrogens with zero attached hydrogens (tertiary/aromatic N) is 3. The van der Waals surface area contributed by atoms with Gasteiger partial charge >= 0.3 is 0 Å². The van der Waals surface area contributed by atoms with Crippen LogP contribution in [0.3, 0.4) is 0 Å². The smallest absolute Gasteiger partial charge is 0.178 e. The van der Waals surface area contributed by atoms with Crippen LogP contribution < -0.4 is 0 Å². The summed E-state index contributed by atoms with van der Waals surface area (Å²) >= 11 is 7.28. The maximum absolute atomic E-state index is 10.6. The molecule has 17 heavy (non-hydrogen) atoms. The molecule has 3 heterocycles. The van der Waals surface area contributed by atoms with E-state index in [2.05, 4.69) is 9.97 Å². The summed E-state index contributed by atoms with van der Waals surface area (Å²) < 4.78 is 1.88. The second kappa shape index (κ2) is 3.94. The molecule has 84 valence electrons. The molecule has 0 bridgehead atoms. The van der Waals surface area contributed by atoms with E-state index in [0.29, 0.717) is 10.0 Å². The van der Waals surface area contributed by atoms with E-state index in [1.165, 1.54) is 11.3 Å². The van der Waals surface area contributed by atoms with E-state index in [4.69, 9.17) is 11.6 Å². The largest absolute Gasteiger partial charge is 0.297 e. The number of rotatable bonds is 2. The van der Waals surface area contributed by atoms with Crippen molar-refractivity contribution in [3.63, 3.8) is 0 Å². The third kappa shape index (κ3) is 1.73. The van der Waals surface area contributed by atoms with Gasteiger partial charge in [0.05, 0.1) is 21.8 Å². The first kappa shape index (κ1) is 10.4. The summed E-state index contributed by atoms with van der Waals surface area (Å²) in [5.41, 5.74) is 1.69. The average Bonchev–Trinajstić information content (AvgIpc) is 2.93. The molecular weight excluding hydrogens is 258 g/mol. The van der Waals surface area contributed by atoms with Crippen molar-refractivity contribution in [1.29, 1.82) is 0 Å². The Bertz CT molecular complexity index is 704. The Morgan fingerprint density at radius 3 is 2.94 bits per heavy atom. The molecule has 0 aliphatic carbocycles. The van der Waals surface area contributed by atoms with Gasteiger partial charge in [-0.15, -0.1) is 11.3 Å². The predicted molar refractivity (Wildman–Crippen MR) is 66.7 cm³/mol. The monoisotopic (exact) mass is 263 g/mol. The Hall–Kier alpha value is -1.72. The highest BCUT2D eigenvalue weighted by atomic mass is 35.5. The van der Waals surface area contributed by atoms with Gasteiger partial charge in [0.25, 0.3) is 0 Å². The zero-order valence-electron chi connectivity index (χ0n) is 8.50. The van der Waals surface area contributed by atoms with Gasteiger partial charge in [0.2, 0.25) is 0 Å². The third-order valence-corrected chi connectivity index (χ3v) is 3.52. The van der Waals surface area contributed by atoms with E-state index >= 15 is 0 Å². The molecule has 0 fully saturated rings. The summed E-state index contributed by atoms with van der Waals surface area (Å²) in [5, 5.41) is 1.09. The Morgan fingerprint density at radius 2 is 2.18 bits per heavy atom. The number of fused-ring (bicyclic) bond motifs is 1. The Balaban J connectivity index is 2.22. The topological polar surface area (TPSA) is 47.3 Å². The molecule has 0 amide bonds. The van der Waals surface area contributed by atoms with Gasteiger partial charge in [-0.05, 0) is 12.1 Å². The van der Waals surface area contributed by atoms with Crippen molar-refractivity contribution in [1.82, 2.24) is 14.4 Å². The summed E-state index contributed by atoms with van der Waals surface area (Å²) in [7, 11) is 0. The maximum Gasteiger partial charge on any atom is 0.178 e. The van der Waals surface area contributed by atoms with Crippen LogP contribution >= 0.6 is 22.9 Å². The molecular formula is C11H6ClN3OS. The van der Waals surface area contributed by atoms with Crippen LogP contribution in [-0.4, -0.2) is 20.7 Å². The van der Waals surface area contributed by atoms with Crippen molar-refractivity contribution in [2.24, 2.45) is 0 Å². The van der Waals surface area contributed by atoms with Crippen molar-refractivity contribution >= 4 is 34.9 Å². The fourth-order valence-electron chi connectivity index (χ4n) is 1.60. The lowest BCUT2D eigenvalue weighted by Crippen LogP contribution is -1.85. The molecule has 0 atom stereocenters. The van der Waals surface area contributed by atoms with Crippen molar-refractivity contribution in [2.75, 3.05) is 0 Å². The van der Waals surface area contributed by atoms with E-state index in [1.807, 2.05) is 10.5 Å². The van der Waals surface area contributed by atoms with Crippen molar-refractivity contribution in [3.05, 3.63) is 40.8 Å². The van der Waals surface area contributed by atoms with Gasteiger partial charge in [0, 0.05) is 12.4 Å². The minimum Gasteiger partial charge on any atom is -0.297 e. The van der Waals surface area contributed by atoms with E-state index in [-0.39, 0.29) is 0 Å². The second-order valence-corrected chi connectivity index (χ2v) is 4.90. The van der Waals surface area contributed by atoms with Crippen LogP contribution in [0, 0.1) is 0 Å². The van der Waals surface area contributed by atoms with Gasteiger partial charge < -0.3 is 0 Å². The number of aromatic nitrogens is 3. The zero-order chi connectivity index (χ0) is 11.8. The van der Waals surface area contributed by atoms with Gasteiger partial charge in [-0.1, -0.05) is 11.6 Å². The van der Waals surface area contributed by atoms with Crippen LogP contribution in [0.15, 0.2) is 30.7 Å². The fraction of sp³-hybridized carbons (Fsp3) is 0. The minimum atomic E-state index is 0.456. The first-order chi connectivity index (χ1) is 8.28. The number of hydrogen-bond donors (Lipinski definition) is 0. The number of thiazole rings is 1. The van der Waals surface area contributed by atoms with E-state index < -0.39 is 0 Å². The second-order valence-electron chi connectivity index (χ2n) is 3.40. The molecule has 0 aliphatic rings. The molecule has 3 aromatic rings. The van der Waals surface area contributed by atoms with E-state index in [0.717, 1.165) is 22.5 Å². The van der Waals surface area contributed by atoms with Crippen molar-refractivity contribution in [2.45, 2.75) is 0 Å². The zero-order valence-corrected chi connectivity index (χ0v) is 10.1. The predicted octanol–water partition coefficient (Wildman–Crippen LogP) is 2.92. The Labute approximate surface area is 106 Å². The lowest BCUT2D eigenvalue weighted by Gasteiger charge is -1.98. The highest BCUT2D eigenvalue weighted by Crippen LogP contribution is 2.27. The maximum atomic E-state index is 10.6. The molecule has 0 aliphatic heterocycles. The van der Waals surface area contributed by atoms with Gasteiger partial charge in [-0.2, -0.15) is 0 Å². The van der Waals surface area contributed by atoms with Crippen LogP contribution in [0.2, 0.25) is 5.02 Å². The first-order valence-corrected chi connectivity index (χ1v) is 6.01. The summed E-state index contributed by atoms with van der Waals surface area (Å²) in [6.45, 7) is 0. The highest BCUT2D eigenvalue weighted by Gasteiger charge is 2.09. The molecule has 4 nitrogen and oxygen atoms in total. The summed E-state index contributed by atoms with van der Waals surface area (Å²) in [5.74, 6) is 0. The number of carbonyl (C=O) groups is 1. The van der Waals surface area contributed by atoms with Gasteiger partial charge in [-0.3, -0.25) is 9.20 Å². The molecule has 3 aromatic heterocycles. The molecule has 0 aromatic carbocycles. The number of aldehydes is 1. The highest BCUT2D eigenvalue weighted by molar-refractivity contribution is 7.16. The van der Waals surface area contributed by atoms with E-state index in [9.17, 15) is 4.79 Å². The van der Waals surface area contributed by atoms with Crippen LogP contribution in [0.25, 0.3) is 16.2 Å². The molecule has 0 N–H and O–H groups in total. The minimum absolute atomic E-state index is 0.456. The number of carbonyl (C=O) groups excluding carboxylic acids is 1. The molecule has 6 heteroatoms. The normalized spacial score (nSPS) is 10.9. The summed E-state index contributed by atoms with van der Waals surface area (Å²) in [6, 6.07) is 3.63. The lowest BCUT2D eigenvalue weighted by molar-refractivity contribution is 0.112. The number of pyridine rings is 1. The molecule has 0 saturated heterocycles. The summed E-state index contributed by atoms with van der Waals surface area (Å²) in [4.78, 5) is 19.8. The van der Waals surface area contributed by atoms with Gasteiger partial charge in [0.1, 0.15) is 5.65 Å². The SMILES string of the molecule is O=Cc1ncc(-c2cnc3ccc(Cl)cn23)s1. The number of hydrogen-bond acceptors (Lipinski definition) is 4. The van der Waals surface area contributed by atoms with Crippen LogP contribution in [0.4, 0.5) is 0 Å². The molecule has 0 spiro atoms. The van der Waals surface area contributed by atoms with Crippen LogP contribution in [-0.2, 0) is 0 Å². The molecule has 3 rings (SSSR count). The third-order valence-electron chi connectivity index (χ3n) is 2.35. The molecule has 0 saturated carbocycles. The molecule has 0 unspecified atom stereocenters. The summed E-state index contributed by atoms with van der Waals surface area (Å²) in [6.07, 6.45) is 5.94. The Kier molecular flexibility index (Phi) is 2.42. The standard InChI is InChI=1S/C11H6ClN3OS/c12-7-1-2-10-13-3-8(15(10)5-7)9-4-14-11(6-16)17-9/h1-6H. The van der Waals surface area contributed by atoms with Gasteiger partial charge in [0.15, 0.2) is 11.3 Å². The number of imidazole rings is 1. The van der Waals surface area contributed by atoms with Crippen molar-refractivity contribution < 1.29 is 4.79 Å². The lowest BCUT2D eigenvalue weighted by atomic mass is 10.4. The quantitative estimate of drug-likeness (QED) is 0.668. The first-order valence-electron chi connectivity index (χ1n) is 4.82. The van der Waals surface area contributed by atoms with Crippen LogP contribution in [0.5, 0.6) is 0 Å². The van der Waals surface area contributed by atoms with Gasteiger partial charge in [-0.25, -0.2) is 9.97 Å².